The number of anilines is 1. The Kier molecular flexibility index (Phi) is 7.83. The van der Waals surface area contributed by atoms with Gasteiger partial charge in [0.25, 0.3) is 5.91 Å². The molecule has 1 saturated heterocycles. The predicted octanol–water partition coefficient (Wildman–Crippen LogP) is 3.98. The highest BCUT2D eigenvalue weighted by Crippen LogP contribution is 2.33. The van der Waals surface area contributed by atoms with Crippen molar-refractivity contribution >= 4 is 44.0 Å². The second-order valence-corrected chi connectivity index (χ2v) is 13.1. The first-order valence-corrected chi connectivity index (χ1v) is 14.3. The van der Waals surface area contributed by atoms with Crippen LogP contribution in [0.3, 0.4) is 0 Å². The Morgan fingerprint density at radius 2 is 1.92 bits per heavy atom. The zero-order chi connectivity index (χ0) is 26.8. The topological polar surface area (TPSA) is 127 Å². The standard InChI is InChI=1S/C24H29FN4O6S2/c1-24(2,3)35-23(31)29-12-4-5-16(29)14-34-28-20(21(30)27-22-26-13-19(25)36-22)15-6-8-17(9-7-15)37(32,33)18-10-11-18/h6-9,13,16,18H,4-5,10-12,14H2,1-3H3,(H,26,27,30)/b28-20+/t16-/m1/s1. The van der Waals surface area contributed by atoms with Gasteiger partial charge in [0.15, 0.2) is 25.8 Å². The summed E-state index contributed by atoms with van der Waals surface area (Å²) in [5.41, 5.74) is -0.476. The van der Waals surface area contributed by atoms with Crippen molar-refractivity contribution in [3.05, 3.63) is 41.2 Å². The Morgan fingerprint density at radius 1 is 1.22 bits per heavy atom. The number of halogens is 1. The maximum absolute atomic E-state index is 13.4. The van der Waals surface area contributed by atoms with E-state index < -0.39 is 32.6 Å². The molecule has 2 aromatic rings. The zero-order valence-electron chi connectivity index (χ0n) is 20.8. The summed E-state index contributed by atoms with van der Waals surface area (Å²) >= 11 is 0.654. The molecule has 37 heavy (non-hydrogen) atoms. The number of ether oxygens (including phenoxy) is 1. The fraction of sp³-hybridized carbons (Fsp3) is 0.500. The van der Waals surface area contributed by atoms with Gasteiger partial charge in [0.2, 0.25) is 0 Å². The minimum Gasteiger partial charge on any atom is -0.444 e. The molecule has 10 nitrogen and oxygen atoms in total. The number of aromatic nitrogens is 1. The van der Waals surface area contributed by atoms with E-state index in [2.05, 4.69) is 15.5 Å². The Morgan fingerprint density at radius 3 is 2.51 bits per heavy atom. The van der Waals surface area contributed by atoms with Gasteiger partial charge >= 0.3 is 6.09 Å². The van der Waals surface area contributed by atoms with Crippen LogP contribution in [0.15, 0.2) is 40.5 Å². The molecule has 4 rings (SSSR count). The van der Waals surface area contributed by atoms with E-state index in [4.69, 9.17) is 9.57 Å². The number of rotatable bonds is 8. The summed E-state index contributed by atoms with van der Waals surface area (Å²) in [5, 5.41) is 5.61. The predicted molar refractivity (Wildman–Crippen MR) is 136 cm³/mol. The lowest BCUT2D eigenvalue weighted by Crippen LogP contribution is -2.41. The van der Waals surface area contributed by atoms with Crippen molar-refractivity contribution < 1.29 is 32.0 Å². The third-order valence-corrected chi connectivity index (χ3v) is 8.74. The number of hydrogen-bond acceptors (Lipinski definition) is 9. The van der Waals surface area contributed by atoms with Gasteiger partial charge in [-0.25, -0.2) is 18.2 Å². The van der Waals surface area contributed by atoms with Crippen LogP contribution >= 0.6 is 11.3 Å². The van der Waals surface area contributed by atoms with Crippen LogP contribution in [0, 0.1) is 5.13 Å². The largest absolute Gasteiger partial charge is 0.444 e. The van der Waals surface area contributed by atoms with Gasteiger partial charge in [-0.3, -0.25) is 10.1 Å². The highest BCUT2D eigenvalue weighted by Gasteiger charge is 2.37. The van der Waals surface area contributed by atoms with Crippen molar-refractivity contribution in [1.82, 2.24) is 9.88 Å². The molecule has 0 unspecified atom stereocenters. The van der Waals surface area contributed by atoms with Crippen LogP contribution < -0.4 is 5.32 Å². The number of amides is 2. The number of hydrogen-bond donors (Lipinski definition) is 1. The Hall–Kier alpha value is -3.06. The molecule has 2 heterocycles. The number of carbonyl (C=O) groups is 2. The lowest BCUT2D eigenvalue weighted by Gasteiger charge is -2.28. The molecule has 1 aromatic carbocycles. The van der Waals surface area contributed by atoms with E-state index in [0.717, 1.165) is 12.6 Å². The van der Waals surface area contributed by atoms with E-state index in [1.54, 1.807) is 25.7 Å². The Balaban J connectivity index is 1.51. The first-order chi connectivity index (χ1) is 17.4. The monoisotopic (exact) mass is 552 g/mol. The molecule has 200 valence electrons. The normalized spacial score (nSPS) is 18.5. The van der Waals surface area contributed by atoms with Gasteiger partial charge in [-0.1, -0.05) is 28.6 Å². The fourth-order valence-corrected chi connectivity index (χ4v) is 6.02. The van der Waals surface area contributed by atoms with E-state index in [9.17, 15) is 22.4 Å². The van der Waals surface area contributed by atoms with Gasteiger partial charge < -0.3 is 14.5 Å². The molecule has 1 aliphatic carbocycles. The van der Waals surface area contributed by atoms with Crippen LogP contribution in [0.4, 0.5) is 14.3 Å². The smallest absolute Gasteiger partial charge is 0.410 e. The second-order valence-electron chi connectivity index (χ2n) is 9.90. The van der Waals surface area contributed by atoms with Crippen LogP contribution in [0.2, 0.25) is 0 Å². The summed E-state index contributed by atoms with van der Waals surface area (Å²) in [4.78, 5) is 36.6. The lowest BCUT2D eigenvalue weighted by molar-refractivity contribution is -0.110. The molecule has 1 aliphatic heterocycles. The number of benzene rings is 1. The van der Waals surface area contributed by atoms with Crippen LogP contribution in [0.5, 0.6) is 0 Å². The van der Waals surface area contributed by atoms with Crippen LogP contribution in [0.1, 0.15) is 52.0 Å². The Labute approximate surface area is 218 Å². The van der Waals surface area contributed by atoms with Crippen molar-refractivity contribution in [1.29, 1.82) is 0 Å². The average molecular weight is 553 g/mol. The lowest BCUT2D eigenvalue weighted by atomic mass is 10.1. The third kappa shape index (κ3) is 6.83. The van der Waals surface area contributed by atoms with Crippen molar-refractivity contribution in [3.8, 4) is 0 Å². The van der Waals surface area contributed by atoms with Gasteiger partial charge in [-0.15, -0.1) is 0 Å². The molecule has 0 radical (unpaired) electrons. The number of likely N-dealkylation sites (tertiary alicyclic amines) is 1. The van der Waals surface area contributed by atoms with Gasteiger partial charge in [-0.2, -0.15) is 4.39 Å². The summed E-state index contributed by atoms with van der Waals surface area (Å²) in [5.74, 6) is -0.706. The highest BCUT2D eigenvalue weighted by molar-refractivity contribution is 7.92. The van der Waals surface area contributed by atoms with Crippen molar-refractivity contribution in [3.63, 3.8) is 0 Å². The average Bonchev–Trinajstić information content (AvgIpc) is 3.46. The van der Waals surface area contributed by atoms with E-state index in [-0.39, 0.29) is 33.6 Å². The summed E-state index contributed by atoms with van der Waals surface area (Å²) in [7, 11) is -3.40. The van der Waals surface area contributed by atoms with Crippen LogP contribution in [0.25, 0.3) is 0 Å². The van der Waals surface area contributed by atoms with E-state index in [1.165, 1.54) is 24.3 Å². The number of oxime groups is 1. The number of nitrogens with zero attached hydrogens (tertiary/aromatic N) is 3. The van der Waals surface area contributed by atoms with Gasteiger partial charge in [0, 0.05) is 12.1 Å². The van der Waals surface area contributed by atoms with Crippen molar-refractivity contribution in [2.45, 2.75) is 68.2 Å². The molecule has 0 bridgehead atoms. The number of carbonyl (C=O) groups excluding carboxylic acids is 2. The first-order valence-electron chi connectivity index (χ1n) is 11.9. The van der Waals surface area contributed by atoms with Gasteiger partial charge in [0.05, 0.1) is 22.4 Å². The molecule has 2 fully saturated rings. The second kappa shape index (κ2) is 10.7. The maximum Gasteiger partial charge on any atom is 0.410 e. The van der Waals surface area contributed by atoms with Gasteiger partial charge in [-0.05, 0) is 58.6 Å². The van der Waals surface area contributed by atoms with E-state index in [1.807, 2.05) is 0 Å². The SMILES string of the molecule is CC(C)(C)OC(=O)N1CCC[C@@H]1CO/N=C(/C(=O)Nc1ncc(F)s1)c1ccc(S(=O)(=O)C2CC2)cc1. The number of thiazole rings is 1. The summed E-state index contributed by atoms with van der Waals surface area (Å²) in [6.07, 6.45) is 3.27. The molecule has 1 N–H and O–H groups in total. The Bertz CT molecular complexity index is 1280. The summed E-state index contributed by atoms with van der Waals surface area (Å²) in [6, 6.07) is 5.51. The van der Waals surface area contributed by atoms with Gasteiger partial charge in [0.1, 0.15) is 12.2 Å². The maximum atomic E-state index is 13.4. The minimum absolute atomic E-state index is 0.0239. The van der Waals surface area contributed by atoms with Crippen molar-refractivity contribution in [2.75, 3.05) is 18.5 Å². The molecular formula is C24H29FN4O6S2. The van der Waals surface area contributed by atoms with E-state index >= 15 is 0 Å². The summed E-state index contributed by atoms with van der Waals surface area (Å²) in [6.45, 7) is 5.91. The van der Waals surface area contributed by atoms with Crippen molar-refractivity contribution in [2.24, 2.45) is 5.16 Å². The number of sulfone groups is 1. The number of nitrogens with one attached hydrogen (secondary N) is 1. The zero-order valence-corrected chi connectivity index (χ0v) is 22.4. The highest BCUT2D eigenvalue weighted by atomic mass is 32.2. The molecule has 0 spiro atoms. The molecule has 1 saturated carbocycles. The molecule has 2 amide bonds. The first kappa shape index (κ1) is 27.0. The van der Waals surface area contributed by atoms with Crippen LogP contribution in [-0.2, 0) is 24.2 Å². The molecule has 13 heteroatoms. The molecule has 1 aromatic heterocycles. The molecular weight excluding hydrogens is 523 g/mol. The van der Waals surface area contributed by atoms with Crippen LogP contribution in [-0.4, -0.2) is 66.1 Å². The fourth-order valence-electron chi connectivity index (χ4n) is 3.82. The summed E-state index contributed by atoms with van der Waals surface area (Å²) < 4.78 is 43.9. The minimum atomic E-state index is -3.40. The molecule has 1 atom stereocenters. The quantitative estimate of drug-likeness (QED) is 0.388. The third-order valence-electron chi connectivity index (χ3n) is 5.76. The van der Waals surface area contributed by atoms with E-state index in [0.29, 0.717) is 42.7 Å². The molecule has 2 aliphatic rings.